The summed E-state index contributed by atoms with van der Waals surface area (Å²) in [5.41, 5.74) is 1.85. The molecule has 0 heterocycles. The number of rotatable bonds is 5. The maximum absolute atomic E-state index is 12.1. The summed E-state index contributed by atoms with van der Waals surface area (Å²) in [4.78, 5) is 12.1. The highest BCUT2D eigenvalue weighted by Gasteiger charge is 2.13. The second-order valence-electron chi connectivity index (χ2n) is 4.40. The minimum Gasteiger partial charge on any atom is -0.350 e. The number of carbonyl (C=O) groups excluding carboxylic acids is 1. The topological polar surface area (TPSA) is 29.1 Å². The van der Waals surface area contributed by atoms with Crippen LogP contribution >= 0.6 is 11.6 Å². The number of carbonyl (C=O) groups is 1. The molecule has 2 atom stereocenters. The van der Waals surface area contributed by atoms with E-state index in [0.29, 0.717) is 0 Å². The van der Waals surface area contributed by atoms with E-state index in [0.717, 1.165) is 24.0 Å². The predicted molar refractivity (Wildman–Crippen MR) is 72.7 cm³/mol. The minimum atomic E-state index is -0.00716. The molecule has 0 fully saturated rings. The van der Waals surface area contributed by atoms with E-state index in [2.05, 4.69) is 12.2 Å². The molecular weight excluding hydrogens is 234 g/mol. The van der Waals surface area contributed by atoms with E-state index in [4.69, 9.17) is 11.6 Å². The van der Waals surface area contributed by atoms with Crippen LogP contribution in [0.15, 0.2) is 24.3 Å². The van der Waals surface area contributed by atoms with Crippen LogP contribution in [0.2, 0.25) is 0 Å². The number of aryl methyl sites for hydroxylation is 1. The Balaban J connectivity index is 2.69. The fourth-order valence-electron chi connectivity index (χ4n) is 1.90. The molecule has 0 aliphatic rings. The molecule has 3 heteroatoms. The number of hydrogen-bond donors (Lipinski definition) is 1. The predicted octanol–water partition coefficient (Wildman–Crippen LogP) is 3.38. The third kappa shape index (κ3) is 4.39. The summed E-state index contributed by atoms with van der Waals surface area (Å²) in [6, 6.07) is 7.80. The van der Waals surface area contributed by atoms with E-state index in [-0.39, 0.29) is 17.3 Å². The lowest BCUT2D eigenvalue weighted by Crippen LogP contribution is -2.34. The highest BCUT2D eigenvalue weighted by atomic mass is 35.5. The molecule has 94 valence electrons. The molecule has 17 heavy (non-hydrogen) atoms. The van der Waals surface area contributed by atoms with Crippen molar-refractivity contribution in [1.82, 2.24) is 5.32 Å². The molecule has 0 spiro atoms. The Morgan fingerprint density at radius 3 is 2.59 bits per heavy atom. The van der Waals surface area contributed by atoms with Gasteiger partial charge in [-0.1, -0.05) is 25.1 Å². The van der Waals surface area contributed by atoms with Crippen LogP contribution in [-0.2, 0) is 6.42 Å². The molecule has 0 saturated carbocycles. The maximum atomic E-state index is 12.1. The van der Waals surface area contributed by atoms with Gasteiger partial charge in [-0.25, -0.2) is 0 Å². The molecule has 0 aliphatic heterocycles. The second kappa shape index (κ2) is 6.65. The molecule has 1 rings (SSSR count). The standard InChI is InChI=1S/C14H20ClNO/c1-4-12-7-5-6-8-13(12)14(17)16-11(3)9-10(2)15/h5-8,10-11H,4,9H2,1-3H3,(H,16,17). The van der Waals surface area contributed by atoms with Gasteiger partial charge in [-0.15, -0.1) is 11.6 Å². The van der Waals surface area contributed by atoms with Crippen LogP contribution in [0.3, 0.4) is 0 Å². The molecular formula is C14H20ClNO. The summed E-state index contributed by atoms with van der Waals surface area (Å²) in [6.07, 6.45) is 1.64. The molecule has 0 bridgehead atoms. The monoisotopic (exact) mass is 253 g/mol. The van der Waals surface area contributed by atoms with Crippen LogP contribution in [0.1, 0.15) is 43.1 Å². The van der Waals surface area contributed by atoms with Gasteiger partial charge in [0.05, 0.1) is 0 Å². The molecule has 0 aliphatic carbocycles. The molecule has 0 saturated heterocycles. The van der Waals surface area contributed by atoms with Crippen LogP contribution in [0.25, 0.3) is 0 Å². The van der Waals surface area contributed by atoms with Crippen LogP contribution in [-0.4, -0.2) is 17.3 Å². The SMILES string of the molecule is CCc1ccccc1C(=O)NC(C)CC(C)Cl. The van der Waals surface area contributed by atoms with Crippen molar-refractivity contribution in [1.29, 1.82) is 0 Å². The van der Waals surface area contributed by atoms with Gasteiger partial charge in [0.1, 0.15) is 0 Å². The average molecular weight is 254 g/mol. The van der Waals surface area contributed by atoms with Crippen LogP contribution < -0.4 is 5.32 Å². The van der Waals surface area contributed by atoms with Gasteiger partial charge in [0, 0.05) is 17.0 Å². The number of nitrogens with one attached hydrogen (secondary N) is 1. The normalized spacial score (nSPS) is 14.1. The second-order valence-corrected chi connectivity index (χ2v) is 5.15. The summed E-state index contributed by atoms with van der Waals surface area (Å²) in [6.45, 7) is 5.96. The van der Waals surface area contributed by atoms with E-state index < -0.39 is 0 Å². The Morgan fingerprint density at radius 1 is 1.35 bits per heavy atom. The van der Waals surface area contributed by atoms with Gasteiger partial charge >= 0.3 is 0 Å². The summed E-state index contributed by atoms with van der Waals surface area (Å²) in [5, 5.41) is 3.05. The molecule has 2 unspecified atom stereocenters. The first-order valence-corrected chi connectivity index (χ1v) is 6.51. The summed E-state index contributed by atoms with van der Waals surface area (Å²) >= 11 is 5.91. The lowest BCUT2D eigenvalue weighted by molar-refractivity contribution is 0.0937. The summed E-state index contributed by atoms with van der Waals surface area (Å²) in [7, 11) is 0. The van der Waals surface area contributed by atoms with E-state index in [9.17, 15) is 4.79 Å². The van der Waals surface area contributed by atoms with Crippen molar-refractivity contribution in [3.05, 3.63) is 35.4 Å². The Labute approximate surface area is 108 Å². The average Bonchev–Trinajstić information content (AvgIpc) is 2.27. The maximum Gasteiger partial charge on any atom is 0.251 e. The first-order chi connectivity index (χ1) is 8.04. The van der Waals surface area contributed by atoms with Gasteiger partial charge in [-0.3, -0.25) is 4.79 Å². The zero-order valence-electron chi connectivity index (χ0n) is 10.7. The van der Waals surface area contributed by atoms with Crippen molar-refractivity contribution < 1.29 is 4.79 Å². The van der Waals surface area contributed by atoms with E-state index >= 15 is 0 Å². The Kier molecular flexibility index (Phi) is 5.49. The third-order valence-electron chi connectivity index (χ3n) is 2.70. The number of halogens is 1. The Bertz CT molecular complexity index is 376. The summed E-state index contributed by atoms with van der Waals surface area (Å²) < 4.78 is 0. The quantitative estimate of drug-likeness (QED) is 0.801. The molecule has 2 nitrogen and oxygen atoms in total. The smallest absolute Gasteiger partial charge is 0.251 e. The van der Waals surface area contributed by atoms with Crippen molar-refractivity contribution in [2.24, 2.45) is 0 Å². The van der Waals surface area contributed by atoms with E-state index in [1.165, 1.54) is 0 Å². The van der Waals surface area contributed by atoms with E-state index in [1.807, 2.05) is 38.1 Å². The fraction of sp³-hybridized carbons (Fsp3) is 0.500. The first kappa shape index (κ1) is 14.0. The molecule has 1 aromatic rings. The molecule has 0 radical (unpaired) electrons. The zero-order chi connectivity index (χ0) is 12.8. The highest BCUT2D eigenvalue weighted by Crippen LogP contribution is 2.11. The minimum absolute atomic E-state index is 0.00716. The van der Waals surface area contributed by atoms with Gasteiger partial charge < -0.3 is 5.32 Å². The van der Waals surface area contributed by atoms with Crippen LogP contribution in [0, 0.1) is 0 Å². The first-order valence-electron chi connectivity index (χ1n) is 6.07. The summed E-state index contributed by atoms with van der Waals surface area (Å²) in [5.74, 6) is -0.00716. The van der Waals surface area contributed by atoms with Gasteiger partial charge in [0.15, 0.2) is 0 Å². The van der Waals surface area contributed by atoms with Crippen molar-refractivity contribution >= 4 is 17.5 Å². The molecule has 1 aromatic carbocycles. The number of alkyl halides is 1. The van der Waals surface area contributed by atoms with Crippen molar-refractivity contribution in [3.63, 3.8) is 0 Å². The number of hydrogen-bond acceptors (Lipinski definition) is 1. The Hall–Kier alpha value is -1.02. The number of benzene rings is 1. The lowest BCUT2D eigenvalue weighted by atomic mass is 10.0. The van der Waals surface area contributed by atoms with E-state index in [1.54, 1.807) is 0 Å². The largest absolute Gasteiger partial charge is 0.350 e. The number of amides is 1. The lowest BCUT2D eigenvalue weighted by Gasteiger charge is -2.16. The van der Waals surface area contributed by atoms with Crippen molar-refractivity contribution in [3.8, 4) is 0 Å². The fourth-order valence-corrected chi connectivity index (χ4v) is 2.17. The van der Waals surface area contributed by atoms with Gasteiger partial charge in [0.25, 0.3) is 5.91 Å². The Morgan fingerprint density at radius 2 is 2.00 bits per heavy atom. The van der Waals surface area contributed by atoms with Crippen molar-refractivity contribution in [2.45, 2.75) is 45.0 Å². The van der Waals surface area contributed by atoms with Gasteiger partial charge in [0.2, 0.25) is 0 Å². The van der Waals surface area contributed by atoms with Crippen LogP contribution in [0.4, 0.5) is 0 Å². The molecule has 1 N–H and O–H groups in total. The molecule has 0 aromatic heterocycles. The molecule has 1 amide bonds. The zero-order valence-corrected chi connectivity index (χ0v) is 11.4. The van der Waals surface area contributed by atoms with Gasteiger partial charge in [-0.05, 0) is 38.3 Å². The highest BCUT2D eigenvalue weighted by molar-refractivity contribution is 6.20. The van der Waals surface area contributed by atoms with Crippen LogP contribution in [0.5, 0.6) is 0 Å². The van der Waals surface area contributed by atoms with Gasteiger partial charge in [-0.2, -0.15) is 0 Å². The third-order valence-corrected chi connectivity index (χ3v) is 2.88. The van der Waals surface area contributed by atoms with Crippen molar-refractivity contribution in [2.75, 3.05) is 0 Å².